The smallest absolute Gasteiger partial charge is 0.266 e. The van der Waals surface area contributed by atoms with E-state index >= 15 is 0 Å². The van der Waals surface area contributed by atoms with Gasteiger partial charge in [0, 0.05) is 16.3 Å². The Bertz CT molecular complexity index is 1400. The van der Waals surface area contributed by atoms with Crippen molar-refractivity contribution in [2.75, 3.05) is 5.32 Å². The summed E-state index contributed by atoms with van der Waals surface area (Å²) in [7, 11) is 0. The van der Waals surface area contributed by atoms with Crippen LogP contribution in [0.3, 0.4) is 0 Å². The summed E-state index contributed by atoms with van der Waals surface area (Å²) in [6.45, 7) is 2.35. The molecule has 5 heteroatoms. The third-order valence-corrected chi connectivity index (χ3v) is 5.79. The van der Waals surface area contributed by atoms with Crippen molar-refractivity contribution in [2.24, 2.45) is 0 Å². The standard InChI is InChI=1S/C29H23ClN2O2/c1-2-21-7-4-6-10-27(21)32-29(33)23(18-31)17-26-25-9-5-3-8-22(25)13-16-28(26)34-19-20-11-14-24(30)15-12-20/h3-17H,2,19H2,1H3,(H,32,33)/b23-17+. The van der Waals surface area contributed by atoms with Gasteiger partial charge in [0.15, 0.2) is 0 Å². The number of hydrogen-bond donors (Lipinski definition) is 1. The zero-order chi connectivity index (χ0) is 23.9. The molecular formula is C29H23ClN2O2. The first-order chi connectivity index (χ1) is 16.6. The van der Waals surface area contributed by atoms with Crippen LogP contribution in [0.5, 0.6) is 5.75 Å². The summed E-state index contributed by atoms with van der Waals surface area (Å²) in [6, 6.07) is 28.7. The summed E-state index contributed by atoms with van der Waals surface area (Å²) in [5.74, 6) is 0.128. The van der Waals surface area contributed by atoms with E-state index in [0.29, 0.717) is 28.6 Å². The molecule has 0 aliphatic heterocycles. The maximum atomic E-state index is 13.0. The predicted octanol–water partition coefficient (Wildman–Crippen LogP) is 7.18. The van der Waals surface area contributed by atoms with E-state index in [1.54, 1.807) is 6.08 Å². The van der Waals surface area contributed by atoms with Gasteiger partial charge in [-0.25, -0.2) is 0 Å². The summed E-state index contributed by atoms with van der Waals surface area (Å²) >= 11 is 5.98. The van der Waals surface area contributed by atoms with Gasteiger partial charge < -0.3 is 10.1 Å². The van der Waals surface area contributed by atoms with Crippen LogP contribution in [0.1, 0.15) is 23.6 Å². The number of nitrogens with zero attached hydrogens (tertiary/aromatic N) is 1. The Kier molecular flexibility index (Phi) is 7.27. The highest BCUT2D eigenvalue weighted by molar-refractivity contribution is 6.30. The van der Waals surface area contributed by atoms with Crippen molar-refractivity contribution in [3.8, 4) is 11.8 Å². The molecule has 0 bridgehead atoms. The van der Waals surface area contributed by atoms with Crippen molar-refractivity contribution >= 4 is 40.0 Å². The number of para-hydroxylation sites is 1. The average Bonchev–Trinajstić information content (AvgIpc) is 2.87. The van der Waals surface area contributed by atoms with Gasteiger partial charge >= 0.3 is 0 Å². The van der Waals surface area contributed by atoms with E-state index < -0.39 is 5.91 Å². The van der Waals surface area contributed by atoms with Gasteiger partial charge in [-0.1, -0.05) is 79.2 Å². The summed E-state index contributed by atoms with van der Waals surface area (Å²) < 4.78 is 6.12. The number of nitrogens with one attached hydrogen (secondary N) is 1. The Labute approximate surface area is 204 Å². The van der Waals surface area contributed by atoms with Crippen molar-refractivity contribution in [1.82, 2.24) is 0 Å². The van der Waals surface area contributed by atoms with Gasteiger partial charge in [-0.05, 0) is 58.7 Å². The van der Waals surface area contributed by atoms with Gasteiger partial charge in [0.2, 0.25) is 0 Å². The molecule has 1 amide bonds. The van der Waals surface area contributed by atoms with E-state index in [1.165, 1.54) is 0 Å². The predicted molar refractivity (Wildman–Crippen MR) is 138 cm³/mol. The van der Waals surface area contributed by atoms with E-state index in [0.717, 1.165) is 28.3 Å². The fourth-order valence-corrected chi connectivity index (χ4v) is 3.85. The van der Waals surface area contributed by atoms with Crippen LogP contribution in [-0.2, 0) is 17.8 Å². The molecule has 0 atom stereocenters. The summed E-state index contributed by atoms with van der Waals surface area (Å²) in [6.07, 6.45) is 2.37. The molecule has 4 aromatic carbocycles. The van der Waals surface area contributed by atoms with Gasteiger partial charge in [0.1, 0.15) is 24.0 Å². The Balaban J connectivity index is 1.70. The Morgan fingerprint density at radius 1 is 1.00 bits per heavy atom. The molecule has 0 aliphatic rings. The maximum absolute atomic E-state index is 13.0. The van der Waals surface area contributed by atoms with Crippen molar-refractivity contribution in [3.05, 3.63) is 112 Å². The van der Waals surface area contributed by atoms with Crippen LogP contribution >= 0.6 is 11.6 Å². The number of anilines is 1. The molecule has 1 N–H and O–H groups in total. The fraction of sp³-hybridized carbons (Fsp3) is 0.103. The lowest BCUT2D eigenvalue weighted by molar-refractivity contribution is -0.112. The average molecular weight is 467 g/mol. The summed E-state index contributed by atoms with van der Waals surface area (Å²) in [4.78, 5) is 13.0. The summed E-state index contributed by atoms with van der Waals surface area (Å²) in [5, 5.41) is 15.2. The highest BCUT2D eigenvalue weighted by Crippen LogP contribution is 2.31. The SMILES string of the molecule is CCc1ccccc1NC(=O)/C(C#N)=C/c1c(OCc2ccc(Cl)cc2)ccc2ccccc12. The molecule has 0 fully saturated rings. The molecule has 0 heterocycles. The lowest BCUT2D eigenvalue weighted by Crippen LogP contribution is -2.14. The lowest BCUT2D eigenvalue weighted by Gasteiger charge is -2.13. The normalized spacial score (nSPS) is 11.1. The number of rotatable bonds is 7. The second-order valence-corrected chi connectivity index (χ2v) is 8.18. The second kappa shape index (κ2) is 10.7. The number of halogens is 1. The Morgan fingerprint density at radius 2 is 1.74 bits per heavy atom. The molecule has 0 unspecified atom stereocenters. The molecule has 4 nitrogen and oxygen atoms in total. The number of fused-ring (bicyclic) bond motifs is 1. The number of ether oxygens (including phenoxy) is 1. The van der Waals surface area contributed by atoms with Crippen LogP contribution in [0.4, 0.5) is 5.69 Å². The van der Waals surface area contributed by atoms with Crippen LogP contribution in [0.15, 0.2) is 90.5 Å². The first kappa shape index (κ1) is 23.1. The van der Waals surface area contributed by atoms with E-state index in [-0.39, 0.29) is 5.57 Å². The second-order valence-electron chi connectivity index (χ2n) is 7.75. The zero-order valence-corrected chi connectivity index (χ0v) is 19.5. The van der Waals surface area contributed by atoms with E-state index in [4.69, 9.17) is 16.3 Å². The lowest BCUT2D eigenvalue weighted by atomic mass is 10.0. The minimum absolute atomic E-state index is 0.00129. The van der Waals surface area contributed by atoms with Crippen LogP contribution in [0, 0.1) is 11.3 Å². The number of benzene rings is 4. The molecule has 0 radical (unpaired) electrons. The molecule has 34 heavy (non-hydrogen) atoms. The van der Waals surface area contributed by atoms with Gasteiger partial charge in [0.25, 0.3) is 5.91 Å². The molecule has 0 saturated carbocycles. The monoisotopic (exact) mass is 466 g/mol. The van der Waals surface area contributed by atoms with Crippen LogP contribution < -0.4 is 10.1 Å². The van der Waals surface area contributed by atoms with Crippen LogP contribution in [0.25, 0.3) is 16.8 Å². The Hall–Kier alpha value is -4.07. The minimum atomic E-state index is -0.458. The highest BCUT2D eigenvalue weighted by Gasteiger charge is 2.15. The quantitative estimate of drug-likeness (QED) is 0.232. The van der Waals surface area contributed by atoms with Gasteiger partial charge in [-0.2, -0.15) is 5.26 Å². The molecule has 4 rings (SSSR count). The first-order valence-corrected chi connectivity index (χ1v) is 11.4. The highest BCUT2D eigenvalue weighted by atomic mass is 35.5. The van der Waals surface area contributed by atoms with Crippen molar-refractivity contribution in [3.63, 3.8) is 0 Å². The molecular weight excluding hydrogens is 444 g/mol. The van der Waals surface area contributed by atoms with Crippen molar-refractivity contribution < 1.29 is 9.53 Å². The maximum Gasteiger partial charge on any atom is 0.266 e. The van der Waals surface area contributed by atoms with Crippen molar-refractivity contribution in [1.29, 1.82) is 5.26 Å². The topological polar surface area (TPSA) is 62.1 Å². The fourth-order valence-electron chi connectivity index (χ4n) is 3.73. The minimum Gasteiger partial charge on any atom is -0.488 e. The molecule has 168 valence electrons. The number of hydrogen-bond acceptors (Lipinski definition) is 3. The number of amides is 1. The molecule has 0 aliphatic carbocycles. The molecule has 4 aromatic rings. The third-order valence-electron chi connectivity index (χ3n) is 5.54. The molecule has 0 spiro atoms. The molecule has 0 saturated heterocycles. The number of carbonyl (C=O) groups is 1. The van der Waals surface area contributed by atoms with E-state index in [9.17, 15) is 10.1 Å². The van der Waals surface area contributed by atoms with Crippen molar-refractivity contribution in [2.45, 2.75) is 20.0 Å². The first-order valence-electron chi connectivity index (χ1n) is 11.0. The number of nitriles is 1. The zero-order valence-electron chi connectivity index (χ0n) is 18.7. The van der Waals surface area contributed by atoms with Gasteiger partial charge in [-0.3, -0.25) is 4.79 Å². The number of aryl methyl sites for hydroxylation is 1. The van der Waals surface area contributed by atoms with E-state index in [2.05, 4.69) is 11.4 Å². The summed E-state index contributed by atoms with van der Waals surface area (Å²) in [5.41, 5.74) is 3.35. The largest absolute Gasteiger partial charge is 0.488 e. The van der Waals surface area contributed by atoms with Crippen LogP contribution in [-0.4, -0.2) is 5.91 Å². The van der Waals surface area contributed by atoms with Gasteiger partial charge in [-0.15, -0.1) is 0 Å². The third kappa shape index (κ3) is 5.28. The number of carbonyl (C=O) groups excluding carboxylic acids is 1. The van der Waals surface area contributed by atoms with E-state index in [1.807, 2.05) is 91.9 Å². The van der Waals surface area contributed by atoms with Crippen LogP contribution in [0.2, 0.25) is 5.02 Å². The molecule has 0 aromatic heterocycles. The Morgan fingerprint density at radius 3 is 2.50 bits per heavy atom. The van der Waals surface area contributed by atoms with Gasteiger partial charge in [0.05, 0.1) is 0 Å².